The molecule has 6 heteroatoms. The summed E-state index contributed by atoms with van der Waals surface area (Å²) < 4.78 is 0. The van der Waals surface area contributed by atoms with E-state index in [1.165, 1.54) is 25.4 Å². The number of aromatic nitrogens is 2. The number of Topliss-reactive ketones (excluding diaryl/α,β-unsaturated/α-hetero) is 1. The number of nitro benzene ring substituents is 1. The summed E-state index contributed by atoms with van der Waals surface area (Å²) >= 11 is 0. The van der Waals surface area contributed by atoms with Crippen LogP contribution < -0.4 is 0 Å². The van der Waals surface area contributed by atoms with Gasteiger partial charge in [0.25, 0.3) is 5.69 Å². The van der Waals surface area contributed by atoms with E-state index < -0.39 is 10.8 Å². The molecule has 2 rings (SSSR count). The Labute approximate surface area is 103 Å². The van der Waals surface area contributed by atoms with E-state index in [2.05, 4.69) is 9.97 Å². The van der Waals surface area contributed by atoms with Gasteiger partial charge in [-0.2, -0.15) is 0 Å². The first-order valence-corrected chi connectivity index (χ1v) is 5.40. The molecule has 0 N–H and O–H groups in total. The van der Waals surface area contributed by atoms with Crippen LogP contribution in [0, 0.1) is 10.1 Å². The lowest BCUT2D eigenvalue weighted by Crippen LogP contribution is -2.07. The number of hydrogen-bond donors (Lipinski definition) is 0. The highest BCUT2D eigenvalue weighted by atomic mass is 16.6. The van der Waals surface area contributed by atoms with Gasteiger partial charge in [0.15, 0.2) is 0 Å². The van der Waals surface area contributed by atoms with E-state index in [1.54, 1.807) is 13.0 Å². The van der Waals surface area contributed by atoms with Crippen LogP contribution in [0.15, 0.2) is 24.5 Å². The summed E-state index contributed by atoms with van der Waals surface area (Å²) in [5, 5.41) is 11.3. The van der Waals surface area contributed by atoms with Gasteiger partial charge in [0.05, 0.1) is 22.1 Å². The number of non-ortho nitro benzene ring substituents is 1. The molecule has 1 aromatic heterocycles. The molecule has 0 fully saturated rings. The second-order valence-corrected chi connectivity index (χ2v) is 4.05. The van der Waals surface area contributed by atoms with Crippen molar-refractivity contribution in [1.82, 2.24) is 9.97 Å². The number of nitrogens with zero attached hydrogens (tertiary/aromatic N) is 3. The fraction of sp³-hybridized carbons (Fsp3) is 0.250. The minimum Gasteiger partial charge on any atom is -0.299 e. The van der Waals surface area contributed by atoms with Crippen molar-refractivity contribution in [2.24, 2.45) is 0 Å². The number of carbonyl (C=O) groups excluding carboxylic acids is 1. The summed E-state index contributed by atoms with van der Waals surface area (Å²) in [6, 6.07) is 4.35. The normalized spacial score (nSPS) is 12.3. The molecule has 6 nitrogen and oxygen atoms in total. The molecule has 0 aliphatic rings. The zero-order valence-corrected chi connectivity index (χ0v) is 9.95. The molecule has 1 aromatic carbocycles. The third-order valence-corrected chi connectivity index (χ3v) is 2.88. The van der Waals surface area contributed by atoms with E-state index in [1.807, 2.05) is 0 Å². The van der Waals surface area contributed by atoms with E-state index in [4.69, 9.17) is 0 Å². The monoisotopic (exact) mass is 245 g/mol. The van der Waals surface area contributed by atoms with Gasteiger partial charge < -0.3 is 0 Å². The lowest BCUT2D eigenvalue weighted by Gasteiger charge is -2.09. The Kier molecular flexibility index (Phi) is 3.01. The summed E-state index contributed by atoms with van der Waals surface area (Å²) in [7, 11) is 0. The summed E-state index contributed by atoms with van der Waals surface area (Å²) in [5.74, 6) is -0.445. The minimum atomic E-state index is -0.478. The Morgan fingerprint density at radius 3 is 2.72 bits per heavy atom. The minimum absolute atomic E-state index is 0.0331. The molecule has 1 atom stereocenters. The van der Waals surface area contributed by atoms with Crippen molar-refractivity contribution in [2.45, 2.75) is 19.8 Å². The Morgan fingerprint density at radius 2 is 2.11 bits per heavy atom. The number of benzene rings is 1. The Balaban J connectivity index is 2.69. The Bertz CT molecular complexity index is 640. The van der Waals surface area contributed by atoms with Crippen molar-refractivity contribution in [3.05, 3.63) is 40.3 Å². The van der Waals surface area contributed by atoms with Crippen LogP contribution in [0.4, 0.5) is 5.69 Å². The number of nitro groups is 1. The molecule has 18 heavy (non-hydrogen) atoms. The molecule has 92 valence electrons. The number of fused-ring (bicyclic) bond motifs is 1. The molecule has 0 aliphatic carbocycles. The average Bonchev–Trinajstić information content (AvgIpc) is 2.36. The van der Waals surface area contributed by atoms with Crippen LogP contribution in [-0.4, -0.2) is 20.7 Å². The summed E-state index contributed by atoms with van der Waals surface area (Å²) in [6.45, 7) is 3.19. The molecule has 0 spiro atoms. The molecule has 1 heterocycles. The van der Waals surface area contributed by atoms with E-state index in [0.29, 0.717) is 16.6 Å². The Morgan fingerprint density at radius 1 is 1.39 bits per heavy atom. The standard InChI is InChI=1S/C12H11N3O3/c1-7(8(2)16)12-10-5-9(15(17)18)3-4-11(10)13-6-14-12/h3-7H,1-2H3. The third kappa shape index (κ3) is 2.04. The van der Waals surface area contributed by atoms with Gasteiger partial charge in [0.2, 0.25) is 0 Å². The number of rotatable bonds is 3. The van der Waals surface area contributed by atoms with E-state index >= 15 is 0 Å². The molecule has 1 unspecified atom stereocenters. The van der Waals surface area contributed by atoms with Gasteiger partial charge in [0, 0.05) is 17.5 Å². The van der Waals surface area contributed by atoms with Gasteiger partial charge in [0.1, 0.15) is 12.1 Å². The molecule has 0 saturated carbocycles. The van der Waals surface area contributed by atoms with E-state index in [9.17, 15) is 14.9 Å². The maximum absolute atomic E-state index is 11.4. The lowest BCUT2D eigenvalue weighted by atomic mass is 9.99. The van der Waals surface area contributed by atoms with Crippen LogP contribution >= 0.6 is 0 Å². The van der Waals surface area contributed by atoms with E-state index in [-0.39, 0.29) is 11.5 Å². The zero-order valence-electron chi connectivity index (χ0n) is 9.95. The van der Waals surface area contributed by atoms with Crippen LogP contribution in [-0.2, 0) is 4.79 Å². The summed E-state index contributed by atoms with van der Waals surface area (Å²) in [5.41, 5.74) is 1.09. The highest BCUT2D eigenvalue weighted by Gasteiger charge is 2.17. The van der Waals surface area contributed by atoms with Crippen molar-refractivity contribution < 1.29 is 9.72 Å². The number of carbonyl (C=O) groups is 1. The molecule has 0 saturated heterocycles. The maximum Gasteiger partial charge on any atom is 0.270 e. The molecular weight excluding hydrogens is 234 g/mol. The van der Waals surface area contributed by atoms with Crippen molar-refractivity contribution in [3.63, 3.8) is 0 Å². The van der Waals surface area contributed by atoms with Gasteiger partial charge in [-0.05, 0) is 19.9 Å². The van der Waals surface area contributed by atoms with Gasteiger partial charge in [-0.1, -0.05) is 0 Å². The van der Waals surface area contributed by atoms with Gasteiger partial charge in [-0.3, -0.25) is 14.9 Å². The van der Waals surface area contributed by atoms with Crippen LogP contribution in [0.3, 0.4) is 0 Å². The van der Waals surface area contributed by atoms with Gasteiger partial charge >= 0.3 is 0 Å². The predicted octanol–water partition coefficient (Wildman–Crippen LogP) is 2.23. The molecule has 0 bridgehead atoms. The smallest absolute Gasteiger partial charge is 0.270 e. The zero-order chi connectivity index (χ0) is 13.3. The quantitative estimate of drug-likeness (QED) is 0.611. The topological polar surface area (TPSA) is 86.0 Å². The SMILES string of the molecule is CC(=O)C(C)c1ncnc2ccc([N+](=O)[O-])cc12. The summed E-state index contributed by atoms with van der Waals surface area (Å²) in [6.07, 6.45) is 1.36. The largest absolute Gasteiger partial charge is 0.299 e. The summed E-state index contributed by atoms with van der Waals surface area (Å²) in [4.78, 5) is 29.8. The van der Waals surface area contributed by atoms with Crippen molar-refractivity contribution >= 4 is 22.4 Å². The fourth-order valence-electron chi connectivity index (χ4n) is 1.72. The Hall–Kier alpha value is -2.37. The first-order valence-electron chi connectivity index (χ1n) is 5.40. The first kappa shape index (κ1) is 12.1. The van der Waals surface area contributed by atoms with Crippen LogP contribution in [0.5, 0.6) is 0 Å². The maximum atomic E-state index is 11.4. The predicted molar refractivity (Wildman–Crippen MR) is 65.3 cm³/mol. The molecular formula is C12H11N3O3. The third-order valence-electron chi connectivity index (χ3n) is 2.88. The van der Waals surface area contributed by atoms with Crippen molar-refractivity contribution in [2.75, 3.05) is 0 Å². The van der Waals surface area contributed by atoms with Crippen LogP contribution in [0.2, 0.25) is 0 Å². The highest BCUT2D eigenvalue weighted by Crippen LogP contribution is 2.26. The average molecular weight is 245 g/mol. The number of hydrogen-bond acceptors (Lipinski definition) is 5. The van der Waals surface area contributed by atoms with Crippen molar-refractivity contribution in [3.8, 4) is 0 Å². The van der Waals surface area contributed by atoms with Gasteiger partial charge in [-0.15, -0.1) is 0 Å². The first-order chi connectivity index (χ1) is 8.50. The van der Waals surface area contributed by atoms with E-state index in [0.717, 1.165) is 0 Å². The molecule has 2 aromatic rings. The van der Waals surface area contributed by atoms with Crippen LogP contribution in [0.1, 0.15) is 25.5 Å². The second kappa shape index (κ2) is 4.48. The molecule has 0 radical (unpaired) electrons. The molecule has 0 aliphatic heterocycles. The highest BCUT2D eigenvalue weighted by molar-refractivity contribution is 5.90. The second-order valence-electron chi connectivity index (χ2n) is 4.05. The lowest BCUT2D eigenvalue weighted by molar-refractivity contribution is -0.384. The number of ketones is 1. The molecule has 0 amide bonds. The van der Waals surface area contributed by atoms with Gasteiger partial charge in [-0.25, -0.2) is 9.97 Å². The van der Waals surface area contributed by atoms with Crippen molar-refractivity contribution in [1.29, 1.82) is 0 Å². The van der Waals surface area contributed by atoms with Crippen LogP contribution in [0.25, 0.3) is 10.9 Å². The fourth-order valence-corrected chi connectivity index (χ4v) is 1.72.